The molecule has 1 N–H and O–H groups in total. The number of nitrogens with zero attached hydrogens (tertiary/aromatic N) is 1. The standard InChI is InChI=1S/C16H28N2O2/c1-11(2)13(10-20-3)18-14(12-6-4-5-7-12)17-16(8-9-16)15(18)19/h11-14,17H,4-10H2,1-3H3. The van der Waals surface area contributed by atoms with Gasteiger partial charge in [-0.1, -0.05) is 26.7 Å². The Morgan fingerprint density at radius 2 is 2.00 bits per heavy atom. The smallest absolute Gasteiger partial charge is 0.244 e. The third-order valence-electron chi connectivity index (χ3n) is 5.43. The van der Waals surface area contributed by atoms with Crippen LogP contribution in [0, 0.1) is 11.8 Å². The summed E-state index contributed by atoms with van der Waals surface area (Å²) in [5.74, 6) is 1.40. The van der Waals surface area contributed by atoms with Crippen LogP contribution < -0.4 is 5.32 Å². The Hall–Kier alpha value is -0.610. The van der Waals surface area contributed by atoms with Crippen molar-refractivity contribution in [2.45, 2.75) is 70.1 Å². The van der Waals surface area contributed by atoms with E-state index >= 15 is 0 Å². The molecule has 4 nitrogen and oxygen atoms in total. The number of ether oxygens (including phenoxy) is 1. The first-order valence-corrected chi connectivity index (χ1v) is 8.18. The van der Waals surface area contributed by atoms with E-state index in [1.54, 1.807) is 7.11 Å². The van der Waals surface area contributed by atoms with Crippen LogP contribution in [-0.4, -0.2) is 42.3 Å². The average Bonchev–Trinajstić information content (AvgIpc) is 2.89. The molecule has 2 unspecified atom stereocenters. The number of rotatable bonds is 5. The molecule has 1 saturated heterocycles. The number of hydrogen-bond acceptors (Lipinski definition) is 3. The molecule has 0 aromatic rings. The SMILES string of the molecule is COCC(C(C)C)N1C(=O)C2(CC2)NC1C1CCCC1. The molecule has 1 heterocycles. The third kappa shape index (κ3) is 2.27. The summed E-state index contributed by atoms with van der Waals surface area (Å²) in [5.41, 5.74) is -0.200. The second-order valence-electron chi connectivity index (χ2n) is 7.19. The van der Waals surface area contributed by atoms with Gasteiger partial charge in [-0.15, -0.1) is 0 Å². The normalized spacial score (nSPS) is 30.7. The van der Waals surface area contributed by atoms with Crippen molar-refractivity contribution >= 4 is 5.91 Å². The molecule has 2 aliphatic carbocycles. The van der Waals surface area contributed by atoms with E-state index in [0.29, 0.717) is 24.3 Å². The van der Waals surface area contributed by atoms with Gasteiger partial charge in [0.25, 0.3) is 0 Å². The first-order valence-electron chi connectivity index (χ1n) is 8.18. The van der Waals surface area contributed by atoms with Crippen LogP contribution in [0.25, 0.3) is 0 Å². The minimum atomic E-state index is -0.200. The van der Waals surface area contributed by atoms with Gasteiger partial charge in [0.15, 0.2) is 0 Å². The Bertz CT molecular complexity index is 373. The van der Waals surface area contributed by atoms with Crippen LogP contribution >= 0.6 is 0 Å². The summed E-state index contributed by atoms with van der Waals surface area (Å²) in [5, 5.41) is 3.70. The zero-order valence-electron chi connectivity index (χ0n) is 13.0. The van der Waals surface area contributed by atoms with Gasteiger partial charge in [-0.3, -0.25) is 10.1 Å². The summed E-state index contributed by atoms with van der Waals surface area (Å²) in [6, 6.07) is 0.200. The molecule has 3 fully saturated rings. The van der Waals surface area contributed by atoms with E-state index < -0.39 is 0 Å². The topological polar surface area (TPSA) is 41.6 Å². The molecule has 0 aromatic carbocycles. The van der Waals surface area contributed by atoms with E-state index in [9.17, 15) is 4.79 Å². The van der Waals surface area contributed by atoms with Crippen molar-refractivity contribution in [3.63, 3.8) is 0 Å². The minimum Gasteiger partial charge on any atom is -0.383 e. The Balaban J connectivity index is 1.84. The van der Waals surface area contributed by atoms with Gasteiger partial charge in [-0.2, -0.15) is 0 Å². The maximum Gasteiger partial charge on any atom is 0.244 e. The van der Waals surface area contributed by atoms with Crippen molar-refractivity contribution in [2.75, 3.05) is 13.7 Å². The Morgan fingerprint density at radius 3 is 2.50 bits per heavy atom. The van der Waals surface area contributed by atoms with Gasteiger partial charge in [-0.25, -0.2) is 0 Å². The lowest BCUT2D eigenvalue weighted by Crippen LogP contribution is -2.51. The lowest BCUT2D eigenvalue weighted by atomic mass is 9.98. The van der Waals surface area contributed by atoms with Crippen LogP contribution in [0.15, 0.2) is 0 Å². The van der Waals surface area contributed by atoms with Crippen molar-refractivity contribution in [3.8, 4) is 0 Å². The summed E-state index contributed by atoms with van der Waals surface area (Å²) in [7, 11) is 1.74. The van der Waals surface area contributed by atoms with Crippen molar-refractivity contribution in [3.05, 3.63) is 0 Å². The molecule has 1 aliphatic heterocycles. The third-order valence-corrected chi connectivity index (χ3v) is 5.43. The molecule has 3 rings (SSSR count). The monoisotopic (exact) mass is 280 g/mol. The Kier molecular flexibility index (Phi) is 3.80. The van der Waals surface area contributed by atoms with Gasteiger partial charge in [0, 0.05) is 7.11 Å². The molecule has 0 bridgehead atoms. The van der Waals surface area contributed by atoms with Crippen LogP contribution in [0.5, 0.6) is 0 Å². The minimum absolute atomic E-state index is 0.200. The maximum absolute atomic E-state index is 12.9. The van der Waals surface area contributed by atoms with Gasteiger partial charge in [0.05, 0.1) is 24.4 Å². The van der Waals surface area contributed by atoms with Crippen LogP contribution in [0.2, 0.25) is 0 Å². The number of carbonyl (C=O) groups excluding carboxylic acids is 1. The first-order chi connectivity index (χ1) is 9.59. The van der Waals surface area contributed by atoms with Crippen LogP contribution in [0.1, 0.15) is 52.4 Å². The van der Waals surface area contributed by atoms with Crippen molar-refractivity contribution in [1.82, 2.24) is 10.2 Å². The number of carbonyl (C=O) groups is 1. The number of hydrogen-bond donors (Lipinski definition) is 1. The van der Waals surface area contributed by atoms with E-state index in [-0.39, 0.29) is 17.7 Å². The molecule has 1 amide bonds. The number of nitrogens with one attached hydrogen (secondary N) is 1. The predicted molar refractivity (Wildman–Crippen MR) is 78.2 cm³/mol. The van der Waals surface area contributed by atoms with E-state index in [2.05, 4.69) is 24.1 Å². The van der Waals surface area contributed by atoms with Crippen molar-refractivity contribution in [1.29, 1.82) is 0 Å². The van der Waals surface area contributed by atoms with Crippen LogP contribution in [-0.2, 0) is 9.53 Å². The highest BCUT2D eigenvalue weighted by atomic mass is 16.5. The molecule has 114 valence electrons. The predicted octanol–water partition coefficient (Wildman–Crippen LogP) is 2.14. The molecule has 2 atom stereocenters. The van der Waals surface area contributed by atoms with Gasteiger partial charge in [0.1, 0.15) is 0 Å². The van der Waals surface area contributed by atoms with E-state index in [1.165, 1.54) is 25.7 Å². The molecule has 0 radical (unpaired) electrons. The first kappa shape index (κ1) is 14.3. The van der Waals surface area contributed by atoms with Gasteiger partial charge in [-0.05, 0) is 37.5 Å². The van der Waals surface area contributed by atoms with Gasteiger partial charge < -0.3 is 9.64 Å². The Morgan fingerprint density at radius 1 is 1.35 bits per heavy atom. The summed E-state index contributed by atoms with van der Waals surface area (Å²) in [6.45, 7) is 5.03. The average molecular weight is 280 g/mol. The highest BCUT2D eigenvalue weighted by molar-refractivity contribution is 5.92. The van der Waals surface area contributed by atoms with E-state index in [1.807, 2.05) is 0 Å². The van der Waals surface area contributed by atoms with Crippen molar-refractivity contribution < 1.29 is 9.53 Å². The molecular weight excluding hydrogens is 252 g/mol. The second-order valence-corrected chi connectivity index (χ2v) is 7.19. The molecular formula is C16H28N2O2. The zero-order valence-corrected chi connectivity index (χ0v) is 13.0. The summed E-state index contributed by atoms with van der Waals surface area (Å²) >= 11 is 0. The molecule has 20 heavy (non-hydrogen) atoms. The van der Waals surface area contributed by atoms with Gasteiger partial charge >= 0.3 is 0 Å². The summed E-state index contributed by atoms with van der Waals surface area (Å²) in [4.78, 5) is 15.0. The highest BCUT2D eigenvalue weighted by Crippen LogP contribution is 2.46. The molecule has 4 heteroatoms. The number of amides is 1. The summed E-state index contributed by atoms with van der Waals surface area (Å²) in [6.07, 6.45) is 7.43. The van der Waals surface area contributed by atoms with Crippen LogP contribution in [0.4, 0.5) is 0 Å². The van der Waals surface area contributed by atoms with Gasteiger partial charge in [0.2, 0.25) is 5.91 Å². The van der Waals surface area contributed by atoms with Crippen LogP contribution in [0.3, 0.4) is 0 Å². The number of methoxy groups -OCH3 is 1. The molecule has 1 spiro atoms. The lowest BCUT2D eigenvalue weighted by Gasteiger charge is -2.37. The van der Waals surface area contributed by atoms with E-state index in [4.69, 9.17) is 4.74 Å². The largest absolute Gasteiger partial charge is 0.383 e. The zero-order chi connectivity index (χ0) is 14.3. The fraction of sp³-hybridized carbons (Fsp3) is 0.938. The second kappa shape index (κ2) is 5.30. The highest BCUT2D eigenvalue weighted by Gasteiger charge is 2.61. The molecule has 0 aromatic heterocycles. The fourth-order valence-electron chi connectivity index (χ4n) is 4.01. The quantitative estimate of drug-likeness (QED) is 0.839. The maximum atomic E-state index is 12.9. The molecule has 3 aliphatic rings. The fourth-order valence-corrected chi connectivity index (χ4v) is 4.01. The summed E-state index contributed by atoms with van der Waals surface area (Å²) < 4.78 is 5.40. The lowest BCUT2D eigenvalue weighted by molar-refractivity contribution is -0.136. The van der Waals surface area contributed by atoms with Crippen molar-refractivity contribution in [2.24, 2.45) is 11.8 Å². The molecule has 2 saturated carbocycles. The van der Waals surface area contributed by atoms with E-state index in [0.717, 1.165) is 12.8 Å². The Labute approximate surface area is 122 Å².